The summed E-state index contributed by atoms with van der Waals surface area (Å²) >= 11 is 2.17. The smallest absolute Gasteiger partial charge is 0.235 e. The van der Waals surface area contributed by atoms with Crippen LogP contribution < -0.4 is 4.74 Å². The maximum Gasteiger partial charge on any atom is 0.235 e. The molecule has 1 aromatic heterocycles. The normalized spacial score (nSPS) is 10.7. The van der Waals surface area contributed by atoms with E-state index in [2.05, 4.69) is 64.6 Å². The van der Waals surface area contributed by atoms with Gasteiger partial charge in [-0.2, -0.15) is 0 Å². The third kappa shape index (κ3) is 2.98. The van der Waals surface area contributed by atoms with Crippen LogP contribution in [0.25, 0.3) is 0 Å². The van der Waals surface area contributed by atoms with Crippen LogP contribution in [0.3, 0.4) is 0 Å². The van der Waals surface area contributed by atoms with Gasteiger partial charge in [0.25, 0.3) is 0 Å². The van der Waals surface area contributed by atoms with E-state index in [1.807, 2.05) is 6.92 Å². The molecule has 0 saturated heterocycles. The fraction of sp³-hybridized carbons (Fsp3) is 0.286. The van der Waals surface area contributed by atoms with Crippen LogP contribution in [-0.2, 0) is 0 Å². The summed E-state index contributed by atoms with van der Waals surface area (Å²) in [4.78, 5) is 8.10. The second-order valence-electron chi connectivity index (χ2n) is 4.46. The first-order valence-electron chi connectivity index (χ1n) is 5.82. The fourth-order valence-corrected chi connectivity index (χ4v) is 1.98. The minimum absolute atomic E-state index is 0.484. The van der Waals surface area contributed by atoms with Crippen LogP contribution in [0.5, 0.6) is 11.6 Å². The van der Waals surface area contributed by atoms with Crippen molar-refractivity contribution in [3.05, 3.63) is 45.4 Å². The molecule has 1 heterocycles. The number of nitrogens with zero attached hydrogens (tertiary/aromatic N) is 2. The molecule has 0 bridgehead atoms. The molecule has 0 spiro atoms. The van der Waals surface area contributed by atoms with Gasteiger partial charge in [0.05, 0.1) is 3.57 Å². The van der Waals surface area contributed by atoms with Gasteiger partial charge in [-0.3, -0.25) is 0 Å². The minimum atomic E-state index is 0.484. The number of rotatable bonds is 3. The Morgan fingerprint density at radius 2 is 2.06 bits per heavy atom. The van der Waals surface area contributed by atoms with Crippen LogP contribution in [0.1, 0.15) is 30.9 Å². The fourth-order valence-electron chi connectivity index (χ4n) is 1.57. The summed E-state index contributed by atoms with van der Waals surface area (Å²) in [5, 5.41) is 0. The van der Waals surface area contributed by atoms with E-state index in [1.165, 1.54) is 11.9 Å². The molecule has 3 nitrogen and oxygen atoms in total. The van der Waals surface area contributed by atoms with Crippen LogP contribution in [0.15, 0.2) is 30.7 Å². The second kappa shape index (κ2) is 5.65. The van der Waals surface area contributed by atoms with Crippen molar-refractivity contribution in [1.29, 1.82) is 0 Å². The zero-order chi connectivity index (χ0) is 13.1. The standard InChI is InChI=1S/C14H15IN2O/c1-9(2)11-5-4-10(3)13(6-11)18-14-12(15)7-16-8-17-14/h4-9H,1-3H3. The molecule has 2 rings (SSSR count). The molecule has 18 heavy (non-hydrogen) atoms. The van der Waals surface area contributed by atoms with E-state index < -0.39 is 0 Å². The third-order valence-electron chi connectivity index (χ3n) is 2.72. The molecule has 0 fully saturated rings. The highest BCUT2D eigenvalue weighted by atomic mass is 127. The summed E-state index contributed by atoms with van der Waals surface area (Å²) in [7, 11) is 0. The van der Waals surface area contributed by atoms with Gasteiger partial charge in [0.2, 0.25) is 5.88 Å². The van der Waals surface area contributed by atoms with Gasteiger partial charge in [-0.1, -0.05) is 26.0 Å². The van der Waals surface area contributed by atoms with Crippen molar-refractivity contribution in [1.82, 2.24) is 9.97 Å². The molecule has 0 N–H and O–H groups in total. The van der Waals surface area contributed by atoms with E-state index in [-0.39, 0.29) is 0 Å². The van der Waals surface area contributed by atoms with Crippen LogP contribution in [0, 0.1) is 10.5 Å². The molecule has 0 amide bonds. The maximum atomic E-state index is 5.87. The van der Waals surface area contributed by atoms with Crippen LogP contribution >= 0.6 is 22.6 Å². The van der Waals surface area contributed by atoms with Gasteiger partial charge in [0, 0.05) is 6.20 Å². The Balaban J connectivity index is 2.34. The lowest BCUT2D eigenvalue weighted by Crippen LogP contribution is -1.96. The highest BCUT2D eigenvalue weighted by molar-refractivity contribution is 14.1. The van der Waals surface area contributed by atoms with Crippen molar-refractivity contribution in [3.63, 3.8) is 0 Å². The van der Waals surface area contributed by atoms with Gasteiger partial charge >= 0.3 is 0 Å². The van der Waals surface area contributed by atoms with Gasteiger partial charge < -0.3 is 4.74 Å². The number of hydrogen-bond acceptors (Lipinski definition) is 3. The van der Waals surface area contributed by atoms with Crippen LogP contribution in [0.4, 0.5) is 0 Å². The van der Waals surface area contributed by atoms with Gasteiger partial charge in [-0.05, 0) is 52.6 Å². The SMILES string of the molecule is Cc1ccc(C(C)C)cc1Oc1ncncc1I. The molecule has 0 atom stereocenters. The zero-order valence-corrected chi connectivity index (χ0v) is 12.8. The Morgan fingerprint density at radius 1 is 1.28 bits per heavy atom. The molecule has 0 aliphatic rings. The molecule has 4 heteroatoms. The molecular formula is C14H15IN2O. The van der Waals surface area contributed by atoms with Gasteiger partial charge in [-0.15, -0.1) is 0 Å². The Hall–Kier alpha value is -1.17. The van der Waals surface area contributed by atoms with Crippen LogP contribution in [-0.4, -0.2) is 9.97 Å². The first-order chi connectivity index (χ1) is 8.58. The lowest BCUT2D eigenvalue weighted by Gasteiger charge is -2.12. The third-order valence-corrected chi connectivity index (χ3v) is 3.46. The second-order valence-corrected chi connectivity index (χ2v) is 5.62. The lowest BCUT2D eigenvalue weighted by molar-refractivity contribution is 0.453. The number of halogens is 1. The Bertz CT molecular complexity index is 555. The monoisotopic (exact) mass is 354 g/mol. The Labute approximate surface area is 121 Å². The van der Waals surface area contributed by atoms with E-state index in [1.54, 1.807) is 6.20 Å². The first-order valence-corrected chi connectivity index (χ1v) is 6.89. The predicted molar refractivity (Wildman–Crippen MR) is 80.1 cm³/mol. The summed E-state index contributed by atoms with van der Waals surface area (Å²) in [6.45, 7) is 6.37. The lowest BCUT2D eigenvalue weighted by atomic mass is 10.0. The summed E-state index contributed by atoms with van der Waals surface area (Å²) < 4.78 is 6.78. The molecule has 0 radical (unpaired) electrons. The maximum absolute atomic E-state index is 5.87. The van der Waals surface area contributed by atoms with E-state index >= 15 is 0 Å². The molecule has 94 valence electrons. The topological polar surface area (TPSA) is 35.0 Å². The Morgan fingerprint density at radius 3 is 2.72 bits per heavy atom. The summed E-state index contributed by atoms with van der Waals surface area (Å²) in [6, 6.07) is 6.30. The number of aryl methyl sites for hydroxylation is 1. The van der Waals surface area contributed by atoms with Crippen LogP contribution in [0.2, 0.25) is 0 Å². The van der Waals surface area contributed by atoms with E-state index in [9.17, 15) is 0 Å². The zero-order valence-electron chi connectivity index (χ0n) is 10.6. The van der Waals surface area contributed by atoms with Gasteiger partial charge in [0.15, 0.2) is 0 Å². The summed E-state index contributed by atoms with van der Waals surface area (Å²) in [5.41, 5.74) is 2.37. The van der Waals surface area contributed by atoms with Crippen molar-refractivity contribution in [2.45, 2.75) is 26.7 Å². The molecular weight excluding hydrogens is 339 g/mol. The molecule has 2 aromatic rings. The van der Waals surface area contributed by atoms with Crippen molar-refractivity contribution in [2.75, 3.05) is 0 Å². The molecule has 1 aromatic carbocycles. The summed E-state index contributed by atoms with van der Waals surface area (Å²) in [6.07, 6.45) is 3.24. The summed E-state index contributed by atoms with van der Waals surface area (Å²) in [5.74, 6) is 1.95. The average Bonchev–Trinajstić information content (AvgIpc) is 2.34. The van der Waals surface area contributed by atoms with Gasteiger partial charge in [0.1, 0.15) is 12.1 Å². The van der Waals surface area contributed by atoms with Crippen molar-refractivity contribution < 1.29 is 4.74 Å². The quantitative estimate of drug-likeness (QED) is 0.771. The first kappa shape index (κ1) is 13.3. The van der Waals surface area contributed by atoms with Crippen molar-refractivity contribution in [2.24, 2.45) is 0 Å². The minimum Gasteiger partial charge on any atom is -0.438 e. The largest absolute Gasteiger partial charge is 0.438 e. The Kier molecular flexibility index (Phi) is 4.16. The number of hydrogen-bond donors (Lipinski definition) is 0. The predicted octanol–water partition coefficient (Wildman–Crippen LogP) is 4.31. The van der Waals surface area contributed by atoms with Crippen molar-refractivity contribution in [3.8, 4) is 11.6 Å². The van der Waals surface area contributed by atoms with E-state index in [0.717, 1.165) is 14.9 Å². The number of aromatic nitrogens is 2. The van der Waals surface area contributed by atoms with Crippen molar-refractivity contribution >= 4 is 22.6 Å². The highest BCUT2D eigenvalue weighted by Crippen LogP contribution is 2.29. The van der Waals surface area contributed by atoms with Gasteiger partial charge in [-0.25, -0.2) is 9.97 Å². The average molecular weight is 354 g/mol. The number of ether oxygens (including phenoxy) is 1. The molecule has 0 saturated carbocycles. The molecule has 0 aliphatic carbocycles. The molecule has 0 unspecified atom stereocenters. The van der Waals surface area contributed by atoms with E-state index in [0.29, 0.717) is 11.8 Å². The number of benzene rings is 1. The highest BCUT2D eigenvalue weighted by Gasteiger charge is 2.08. The molecule has 0 aliphatic heterocycles. The van der Waals surface area contributed by atoms with E-state index in [4.69, 9.17) is 4.74 Å².